The molecule has 4 nitrogen and oxygen atoms in total. The molecule has 0 unspecified atom stereocenters. The highest BCUT2D eigenvalue weighted by Gasteiger charge is 2.19. The number of amides is 1. The van der Waals surface area contributed by atoms with Crippen molar-refractivity contribution in [2.75, 3.05) is 33.2 Å². The van der Waals surface area contributed by atoms with E-state index in [0.29, 0.717) is 19.5 Å². The first-order valence-corrected chi connectivity index (χ1v) is 7.21. The number of likely N-dealkylation sites (N-methyl/N-ethyl adjacent to an activating group) is 1. The van der Waals surface area contributed by atoms with E-state index in [9.17, 15) is 9.59 Å². The first-order valence-electron chi connectivity index (χ1n) is 7.21. The Hall–Kier alpha value is -1.68. The predicted octanol–water partition coefficient (Wildman–Crippen LogP) is 1.81. The first kappa shape index (κ1) is 14.7. The number of rotatable bonds is 6. The van der Waals surface area contributed by atoms with Crippen molar-refractivity contribution in [2.45, 2.75) is 19.3 Å². The lowest BCUT2D eigenvalue weighted by Gasteiger charge is -2.20. The lowest BCUT2D eigenvalue weighted by molar-refractivity contribution is -0.131. The molecule has 1 saturated heterocycles. The Bertz CT molecular complexity index is 453. The normalized spacial score (nSPS) is 14.8. The minimum absolute atomic E-state index is 0.131. The molecule has 0 spiro atoms. The summed E-state index contributed by atoms with van der Waals surface area (Å²) in [4.78, 5) is 27.8. The molecular weight excluding hydrogens is 252 g/mol. The summed E-state index contributed by atoms with van der Waals surface area (Å²) in [6.45, 7) is 2.79. The highest BCUT2D eigenvalue weighted by atomic mass is 16.2. The third-order valence-corrected chi connectivity index (χ3v) is 3.68. The molecule has 1 aromatic carbocycles. The SMILES string of the molecule is CN(CCC(=O)c1ccccc1)CC(=O)N1CCCC1. The van der Waals surface area contributed by atoms with Crippen molar-refractivity contribution in [1.29, 1.82) is 0 Å². The topological polar surface area (TPSA) is 40.6 Å². The summed E-state index contributed by atoms with van der Waals surface area (Å²) < 4.78 is 0. The number of ketones is 1. The van der Waals surface area contributed by atoms with E-state index in [2.05, 4.69) is 0 Å². The molecule has 0 bridgehead atoms. The van der Waals surface area contributed by atoms with Crippen LogP contribution in [0, 0.1) is 0 Å². The Balaban J connectivity index is 1.73. The Morgan fingerprint density at radius 2 is 1.80 bits per heavy atom. The van der Waals surface area contributed by atoms with Crippen LogP contribution in [0.4, 0.5) is 0 Å². The molecule has 1 aliphatic heterocycles. The van der Waals surface area contributed by atoms with Crippen LogP contribution in [0.3, 0.4) is 0 Å². The summed E-state index contributed by atoms with van der Waals surface area (Å²) in [5, 5.41) is 0. The highest BCUT2D eigenvalue weighted by molar-refractivity contribution is 5.96. The maximum atomic E-state index is 12.0. The smallest absolute Gasteiger partial charge is 0.236 e. The minimum Gasteiger partial charge on any atom is -0.342 e. The predicted molar refractivity (Wildman–Crippen MR) is 78.7 cm³/mol. The van der Waals surface area contributed by atoms with Crippen LogP contribution < -0.4 is 0 Å². The molecular formula is C16H22N2O2. The van der Waals surface area contributed by atoms with Crippen molar-refractivity contribution in [1.82, 2.24) is 9.80 Å². The second-order valence-electron chi connectivity index (χ2n) is 5.36. The Labute approximate surface area is 120 Å². The van der Waals surface area contributed by atoms with E-state index in [1.165, 1.54) is 0 Å². The third kappa shape index (κ3) is 4.17. The van der Waals surface area contributed by atoms with Crippen molar-refractivity contribution in [3.05, 3.63) is 35.9 Å². The van der Waals surface area contributed by atoms with Crippen LogP contribution >= 0.6 is 0 Å². The second kappa shape index (κ2) is 7.20. The highest BCUT2D eigenvalue weighted by Crippen LogP contribution is 2.08. The number of benzene rings is 1. The van der Waals surface area contributed by atoms with Crippen LogP contribution in [0.25, 0.3) is 0 Å². The minimum atomic E-state index is 0.131. The summed E-state index contributed by atoms with van der Waals surface area (Å²) in [7, 11) is 1.90. The molecule has 0 aromatic heterocycles. The lowest BCUT2D eigenvalue weighted by atomic mass is 10.1. The molecule has 0 saturated carbocycles. The Morgan fingerprint density at radius 1 is 1.15 bits per heavy atom. The standard InChI is InChI=1S/C16H22N2O2/c1-17(13-16(20)18-10-5-6-11-18)12-9-15(19)14-7-3-2-4-8-14/h2-4,7-8H,5-6,9-13H2,1H3. The molecule has 0 N–H and O–H groups in total. The van der Waals surface area contributed by atoms with Gasteiger partial charge < -0.3 is 4.90 Å². The fourth-order valence-electron chi connectivity index (χ4n) is 2.44. The summed E-state index contributed by atoms with van der Waals surface area (Å²) in [5.74, 6) is 0.309. The zero-order chi connectivity index (χ0) is 14.4. The first-order chi connectivity index (χ1) is 9.66. The van der Waals surface area contributed by atoms with Crippen molar-refractivity contribution in [3.63, 3.8) is 0 Å². The van der Waals surface area contributed by atoms with E-state index in [4.69, 9.17) is 0 Å². The number of nitrogens with zero attached hydrogens (tertiary/aromatic N) is 2. The molecule has 108 valence electrons. The average Bonchev–Trinajstić information content (AvgIpc) is 3.00. The zero-order valence-corrected chi connectivity index (χ0v) is 12.0. The van der Waals surface area contributed by atoms with Gasteiger partial charge in [0.25, 0.3) is 0 Å². The van der Waals surface area contributed by atoms with Crippen LogP contribution in [0.15, 0.2) is 30.3 Å². The number of Topliss-reactive ketones (excluding diaryl/α,β-unsaturated/α-hetero) is 1. The van der Waals surface area contributed by atoms with Gasteiger partial charge in [-0.3, -0.25) is 14.5 Å². The van der Waals surface area contributed by atoms with E-state index in [1.54, 1.807) is 0 Å². The number of carbonyl (C=O) groups is 2. The van der Waals surface area contributed by atoms with Crippen LogP contribution in [0.5, 0.6) is 0 Å². The fraction of sp³-hybridized carbons (Fsp3) is 0.500. The quantitative estimate of drug-likeness (QED) is 0.743. The van der Waals surface area contributed by atoms with Crippen LogP contribution in [0.2, 0.25) is 0 Å². The van der Waals surface area contributed by atoms with Crippen LogP contribution in [-0.4, -0.2) is 54.7 Å². The molecule has 1 aromatic rings. The van der Waals surface area contributed by atoms with Gasteiger partial charge in [0, 0.05) is 31.6 Å². The van der Waals surface area contributed by atoms with Gasteiger partial charge in [0.1, 0.15) is 0 Å². The van der Waals surface area contributed by atoms with Crippen molar-refractivity contribution < 1.29 is 9.59 Å². The fourth-order valence-corrected chi connectivity index (χ4v) is 2.44. The van der Waals surface area contributed by atoms with Crippen LogP contribution in [0.1, 0.15) is 29.6 Å². The number of likely N-dealkylation sites (tertiary alicyclic amines) is 1. The summed E-state index contributed by atoms with van der Waals surface area (Å²) in [6.07, 6.45) is 2.68. The van der Waals surface area contributed by atoms with Crippen molar-refractivity contribution >= 4 is 11.7 Å². The van der Waals surface area contributed by atoms with Gasteiger partial charge in [-0.1, -0.05) is 30.3 Å². The molecule has 0 aliphatic carbocycles. The van der Waals surface area contributed by atoms with Gasteiger partial charge >= 0.3 is 0 Å². The molecule has 4 heteroatoms. The van der Waals surface area contributed by atoms with Gasteiger partial charge in [0.15, 0.2) is 5.78 Å². The molecule has 20 heavy (non-hydrogen) atoms. The van der Waals surface area contributed by atoms with E-state index >= 15 is 0 Å². The summed E-state index contributed by atoms with van der Waals surface area (Å²) in [5.41, 5.74) is 0.742. The summed E-state index contributed by atoms with van der Waals surface area (Å²) in [6, 6.07) is 9.30. The second-order valence-corrected chi connectivity index (χ2v) is 5.36. The van der Waals surface area contributed by atoms with Gasteiger partial charge in [0.2, 0.25) is 5.91 Å². The van der Waals surface area contributed by atoms with Gasteiger partial charge in [-0.25, -0.2) is 0 Å². The average molecular weight is 274 g/mol. The molecule has 1 aliphatic rings. The van der Waals surface area contributed by atoms with Crippen molar-refractivity contribution in [3.8, 4) is 0 Å². The van der Waals surface area contributed by atoms with Crippen LogP contribution in [-0.2, 0) is 4.79 Å². The largest absolute Gasteiger partial charge is 0.342 e. The van der Waals surface area contributed by atoms with Gasteiger partial charge in [-0.15, -0.1) is 0 Å². The summed E-state index contributed by atoms with van der Waals surface area (Å²) >= 11 is 0. The number of hydrogen-bond donors (Lipinski definition) is 0. The molecule has 1 amide bonds. The maximum absolute atomic E-state index is 12.0. The third-order valence-electron chi connectivity index (χ3n) is 3.68. The van der Waals surface area contributed by atoms with Crippen molar-refractivity contribution in [2.24, 2.45) is 0 Å². The zero-order valence-electron chi connectivity index (χ0n) is 12.0. The van der Waals surface area contributed by atoms with E-state index < -0.39 is 0 Å². The van der Waals surface area contributed by atoms with E-state index in [-0.39, 0.29) is 11.7 Å². The van der Waals surface area contributed by atoms with E-state index in [0.717, 1.165) is 31.5 Å². The lowest BCUT2D eigenvalue weighted by Crippen LogP contribution is -2.37. The molecule has 0 radical (unpaired) electrons. The van der Waals surface area contributed by atoms with Gasteiger partial charge in [0.05, 0.1) is 6.54 Å². The number of carbonyl (C=O) groups excluding carboxylic acids is 2. The number of hydrogen-bond acceptors (Lipinski definition) is 3. The molecule has 2 rings (SSSR count). The Morgan fingerprint density at radius 3 is 2.45 bits per heavy atom. The van der Waals surface area contributed by atoms with Gasteiger partial charge in [-0.2, -0.15) is 0 Å². The monoisotopic (exact) mass is 274 g/mol. The van der Waals surface area contributed by atoms with E-state index in [1.807, 2.05) is 47.2 Å². The molecule has 1 fully saturated rings. The maximum Gasteiger partial charge on any atom is 0.236 e. The van der Waals surface area contributed by atoms with Gasteiger partial charge in [-0.05, 0) is 19.9 Å². The molecule has 0 atom stereocenters. The Kier molecular flexibility index (Phi) is 5.30. The molecule has 1 heterocycles.